The number of hydrogen-bond donors (Lipinski definition) is 2. The van der Waals surface area contributed by atoms with Crippen LogP contribution in [0.4, 0.5) is 4.39 Å². The van der Waals surface area contributed by atoms with Gasteiger partial charge in [-0.15, -0.1) is 0 Å². The second-order valence-electron chi connectivity index (χ2n) is 6.85. The molecule has 0 atom stereocenters. The monoisotopic (exact) mass is 411 g/mol. The van der Waals surface area contributed by atoms with Crippen LogP contribution in [0.15, 0.2) is 72.9 Å². The van der Waals surface area contributed by atoms with E-state index in [2.05, 4.69) is 20.5 Å². The lowest BCUT2D eigenvalue weighted by Gasteiger charge is -2.09. The lowest BCUT2D eigenvalue weighted by molar-refractivity contribution is 0.0954. The maximum absolute atomic E-state index is 13.6. The van der Waals surface area contributed by atoms with E-state index in [1.165, 1.54) is 12.1 Å². The number of nitriles is 1. The molecule has 2 N–H and O–H groups in total. The second kappa shape index (κ2) is 9.01. The fraction of sp³-hybridized carbons (Fsp3) is 0.0833. The van der Waals surface area contributed by atoms with Crippen LogP contribution in [0.5, 0.6) is 0 Å². The number of hydrogen-bond acceptors (Lipinski definition) is 4. The minimum Gasteiger partial charge on any atom is -0.352 e. The zero-order valence-corrected chi connectivity index (χ0v) is 16.5. The van der Waals surface area contributed by atoms with Crippen molar-refractivity contribution in [1.29, 1.82) is 5.26 Å². The van der Waals surface area contributed by atoms with Crippen LogP contribution >= 0.6 is 0 Å². The number of carbonyl (C=O) groups is 1. The van der Waals surface area contributed by atoms with Crippen LogP contribution in [0.3, 0.4) is 0 Å². The van der Waals surface area contributed by atoms with Crippen molar-refractivity contribution in [2.45, 2.75) is 6.42 Å². The van der Waals surface area contributed by atoms with E-state index in [4.69, 9.17) is 5.26 Å². The topological polar surface area (TPSA) is 94.5 Å². The number of halogens is 1. The molecule has 1 amide bonds. The molecule has 0 aliphatic heterocycles. The van der Waals surface area contributed by atoms with Gasteiger partial charge >= 0.3 is 0 Å². The first-order valence-corrected chi connectivity index (χ1v) is 9.68. The van der Waals surface area contributed by atoms with Crippen molar-refractivity contribution >= 4 is 5.91 Å². The maximum atomic E-state index is 13.6. The first-order chi connectivity index (χ1) is 15.2. The minimum atomic E-state index is -0.574. The Balaban J connectivity index is 1.54. The predicted octanol–water partition coefficient (Wildman–Crippen LogP) is 4.12. The molecule has 4 rings (SSSR count). The summed E-state index contributed by atoms with van der Waals surface area (Å²) in [6, 6.07) is 20.8. The molecule has 0 spiro atoms. The summed E-state index contributed by atoms with van der Waals surface area (Å²) >= 11 is 0. The van der Waals surface area contributed by atoms with Crippen LogP contribution in [-0.2, 0) is 6.42 Å². The molecule has 0 fully saturated rings. The fourth-order valence-corrected chi connectivity index (χ4v) is 3.24. The molecule has 0 saturated heterocycles. The van der Waals surface area contributed by atoms with Gasteiger partial charge in [-0.1, -0.05) is 24.3 Å². The van der Waals surface area contributed by atoms with Gasteiger partial charge in [0.15, 0.2) is 0 Å². The third kappa shape index (κ3) is 4.49. The highest BCUT2D eigenvalue weighted by atomic mass is 19.1. The molecule has 0 bridgehead atoms. The molecule has 0 saturated carbocycles. The average Bonchev–Trinajstić information content (AvgIpc) is 3.30. The van der Waals surface area contributed by atoms with Gasteiger partial charge in [0, 0.05) is 41.5 Å². The van der Waals surface area contributed by atoms with Crippen LogP contribution < -0.4 is 5.32 Å². The van der Waals surface area contributed by atoms with Gasteiger partial charge in [-0.25, -0.2) is 4.39 Å². The summed E-state index contributed by atoms with van der Waals surface area (Å²) in [7, 11) is 0. The standard InChI is InChI=1S/C24H18FN5O/c25-21-9-8-16(13-17(21)15-26)22-14-23(30-29-22)19-6-1-2-7-20(19)24(31)28-12-10-18-5-3-4-11-27-18/h1-9,11,13-14H,10,12H2,(H,28,31)(H,29,30). The van der Waals surface area contributed by atoms with Crippen LogP contribution in [0.25, 0.3) is 22.5 Å². The minimum absolute atomic E-state index is 0.0465. The lowest BCUT2D eigenvalue weighted by Crippen LogP contribution is -2.26. The van der Waals surface area contributed by atoms with E-state index < -0.39 is 5.82 Å². The molecule has 31 heavy (non-hydrogen) atoms. The summed E-state index contributed by atoms with van der Waals surface area (Å²) < 4.78 is 13.6. The molecule has 7 heteroatoms. The van der Waals surface area contributed by atoms with Crippen molar-refractivity contribution in [1.82, 2.24) is 20.5 Å². The smallest absolute Gasteiger partial charge is 0.251 e. The maximum Gasteiger partial charge on any atom is 0.251 e. The Kier molecular flexibility index (Phi) is 5.81. The Labute approximate surface area is 178 Å². The predicted molar refractivity (Wildman–Crippen MR) is 114 cm³/mol. The summed E-state index contributed by atoms with van der Waals surface area (Å²) in [5.41, 5.74) is 3.87. The number of nitrogens with zero attached hydrogens (tertiary/aromatic N) is 3. The van der Waals surface area contributed by atoms with Gasteiger partial charge < -0.3 is 5.32 Å². The summed E-state index contributed by atoms with van der Waals surface area (Å²) in [5, 5.41) is 19.2. The summed E-state index contributed by atoms with van der Waals surface area (Å²) in [5.74, 6) is -0.772. The first kappa shape index (κ1) is 20.0. The van der Waals surface area contributed by atoms with Gasteiger partial charge in [0.1, 0.15) is 11.9 Å². The lowest BCUT2D eigenvalue weighted by atomic mass is 10.0. The Morgan fingerprint density at radius 1 is 1.10 bits per heavy atom. The van der Waals surface area contributed by atoms with Crippen LogP contribution in [0.2, 0.25) is 0 Å². The fourth-order valence-electron chi connectivity index (χ4n) is 3.24. The Morgan fingerprint density at radius 2 is 1.94 bits per heavy atom. The molecule has 4 aromatic rings. The number of aromatic nitrogens is 3. The molecule has 0 aliphatic rings. The van der Waals surface area contributed by atoms with E-state index in [0.29, 0.717) is 41.0 Å². The Bertz CT molecular complexity index is 1260. The molecular formula is C24H18FN5O. The van der Waals surface area contributed by atoms with Crippen LogP contribution in [0, 0.1) is 17.1 Å². The number of carbonyl (C=O) groups excluding carboxylic acids is 1. The number of H-pyrrole nitrogens is 1. The van der Waals surface area contributed by atoms with Crippen molar-refractivity contribution in [2.24, 2.45) is 0 Å². The van der Waals surface area contributed by atoms with E-state index in [1.807, 2.05) is 36.4 Å². The SMILES string of the molecule is N#Cc1cc(-c2cc(-c3ccccc3C(=O)NCCc3ccccn3)[nH]n2)ccc1F. The molecule has 2 heterocycles. The number of rotatable bonds is 6. The van der Waals surface area contributed by atoms with E-state index >= 15 is 0 Å². The van der Waals surface area contributed by atoms with E-state index in [-0.39, 0.29) is 11.5 Å². The third-order valence-electron chi connectivity index (χ3n) is 4.82. The normalized spacial score (nSPS) is 10.5. The van der Waals surface area contributed by atoms with Gasteiger partial charge in [-0.2, -0.15) is 10.4 Å². The summed E-state index contributed by atoms with van der Waals surface area (Å²) in [6.45, 7) is 0.463. The molecule has 0 radical (unpaired) electrons. The van der Waals surface area contributed by atoms with Crippen molar-refractivity contribution < 1.29 is 9.18 Å². The van der Waals surface area contributed by atoms with Gasteiger partial charge in [-0.05, 0) is 42.5 Å². The highest BCUT2D eigenvalue weighted by molar-refractivity contribution is 6.00. The third-order valence-corrected chi connectivity index (χ3v) is 4.82. The number of nitrogens with one attached hydrogen (secondary N) is 2. The Morgan fingerprint density at radius 3 is 2.74 bits per heavy atom. The summed E-state index contributed by atoms with van der Waals surface area (Å²) in [4.78, 5) is 17.0. The van der Waals surface area contributed by atoms with Gasteiger partial charge in [-0.3, -0.25) is 14.9 Å². The molecule has 2 aromatic heterocycles. The molecule has 6 nitrogen and oxygen atoms in total. The van der Waals surface area contributed by atoms with Crippen molar-refractivity contribution in [3.63, 3.8) is 0 Å². The number of aromatic amines is 1. The molecule has 2 aromatic carbocycles. The molecule has 0 unspecified atom stereocenters. The largest absolute Gasteiger partial charge is 0.352 e. The van der Waals surface area contributed by atoms with E-state index in [0.717, 1.165) is 5.69 Å². The van der Waals surface area contributed by atoms with Crippen LogP contribution in [-0.4, -0.2) is 27.6 Å². The highest BCUT2D eigenvalue weighted by Crippen LogP contribution is 2.27. The van der Waals surface area contributed by atoms with E-state index in [9.17, 15) is 9.18 Å². The summed E-state index contributed by atoms with van der Waals surface area (Å²) in [6.07, 6.45) is 2.36. The van der Waals surface area contributed by atoms with E-state index in [1.54, 1.807) is 30.5 Å². The van der Waals surface area contributed by atoms with Gasteiger partial charge in [0.25, 0.3) is 5.91 Å². The molecule has 152 valence electrons. The van der Waals surface area contributed by atoms with Gasteiger partial charge in [0.05, 0.1) is 17.0 Å². The zero-order valence-electron chi connectivity index (χ0n) is 16.5. The second-order valence-corrected chi connectivity index (χ2v) is 6.85. The number of pyridine rings is 1. The molecular weight excluding hydrogens is 393 g/mol. The first-order valence-electron chi connectivity index (χ1n) is 9.68. The van der Waals surface area contributed by atoms with Crippen molar-refractivity contribution in [3.05, 3.63) is 95.6 Å². The quantitative estimate of drug-likeness (QED) is 0.499. The molecule has 0 aliphatic carbocycles. The Hall–Kier alpha value is -4.31. The highest BCUT2D eigenvalue weighted by Gasteiger charge is 2.15. The van der Waals surface area contributed by atoms with Crippen molar-refractivity contribution in [3.8, 4) is 28.6 Å². The number of benzene rings is 2. The van der Waals surface area contributed by atoms with Crippen molar-refractivity contribution in [2.75, 3.05) is 6.54 Å². The average molecular weight is 411 g/mol. The number of amides is 1. The zero-order chi connectivity index (χ0) is 21.6. The van der Waals surface area contributed by atoms with Gasteiger partial charge in [0.2, 0.25) is 0 Å². The van der Waals surface area contributed by atoms with Crippen LogP contribution in [0.1, 0.15) is 21.6 Å².